The van der Waals surface area contributed by atoms with E-state index in [-0.39, 0.29) is 18.0 Å². The van der Waals surface area contributed by atoms with Gasteiger partial charge in [0.1, 0.15) is 12.3 Å². The van der Waals surface area contributed by atoms with Crippen LogP contribution in [-0.4, -0.2) is 35.4 Å². The lowest BCUT2D eigenvalue weighted by atomic mass is 10.1. The Morgan fingerprint density at radius 3 is 2.63 bits per heavy atom. The molecule has 0 bridgehead atoms. The molecule has 1 saturated heterocycles. The van der Waals surface area contributed by atoms with Crippen molar-refractivity contribution in [3.63, 3.8) is 0 Å². The number of likely N-dealkylation sites (N-methyl/N-ethyl adjacent to an activating group) is 1. The van der Waals surface area contributed by atoms with Gasteiger partial charge in [-0.15, -0.1) is 0 Å². The maximum Gasteiger partial charge on any atom is 0.328 e. The fraction of sp³-hybridized carbons (Fsp3) is 0.200. The Hall–Kier alpha value is -3.40. The molecule has 3 amide bonds. The van der Waals surface area contributed by atoms with Gasteiger partial charge in [-0.2, -0.15) is 0 Å². The second kappa shape index (κ2) is 8.95. The summed E-state index contributed by atoms with van der Waals surface area (Å²) in [6.07, 6.45) is 1.54. The average molecular weight is 476 g/mol. The number of nitrogens with one attached hydrogen (secondary N) is 1. The summed E-state index contributed by atoms with van der Waals surface area (Å²) < 4.78 is 12.1. The zero-order valence-corrected chi connectivity index (χ0v) is 17.8. The fourth-order valence-electron chi connectivity index (χ4n) is 2.78. The molecule has 0 atom stereocenters. The SMILES string of the molecule is CCOc1cc(/C=C2/NC(=O)N(C)C2=O)cc(Br)c1OCc1cccc([N+](=O)[O-])c1. The Morgan fingerprint density at radius 2 is 2.00 bits per heavy atom. The van der Waals surface area contributed by atoms with Gasteiger partial charge < -0.3 is 14.8 Å². The third-order valence-electron chi connectivity index (χ3n) is 4.23. The topological polar surface area (TPSA) is 111 Å². The van der Waals surface area contributed by atoms with Crippen molar-refractivity contribution >= 4 is 39.6 Å². The first-order chi connectivity index (χ1) is 14.3. The summed E-state index contributed by atoms with van der Waals surface area (Å²) in [5.41, 5.74) is 1.39. The molecule has 0 aromatic heterocycles. The van der Waals surface area contributed by atoms with Crippen molar-refractivity contribution in [2.24, 2.45) is 0 Å². The minimum absolute atomic E-state index is 0.0181. The van der Waals surface area contributed by atoms with Crippen molar-refractivity contribution in [2.45, 2.75) is 13.5 Å². The van der Waals surface area contributed by atoms with Gasteiger partial charge in [0.2, 0.25) is 0 Å². The molecule has 3 rings (SSSR count). The maximum atomic E-state index is 12.1. The molecular formula is C20H18BrN3O6. The first kappa shape index (κ1) is 21.3. The Balaban J connectivity index is 1.87. The van der Waals surface area contributed by atoms with Crippen molar-refractivity contribution in [2.75, 3.05) is 13.7 Å². The van der Waals surface area contributed by atoms with Crippen LogP contribution in [0.2, 0.25) is 0 Å². The normalized spacial score (nSPS) is 14.8. The number of rotatable bonds is 7. The first-order valence-electron chi connectivity index (χ1n) is 8.93. The average Bonchev–Trinajstić information content (AvgIpc) is 2.94. The van der Waals surface area contributed by atoms with Gasteiger partial charge in [-0.3, -0.25) is 19.8 Å². The number of imide groups is 1. The summed E-state index contributed by atoms with van der Waals surface area (Å²) in [7, 11) is 1.39. The van der Waals surface area contributed by atoms with Crippen LogP contribution in [0.1, 0.15) is 18.1 Å². The third-order valence-corrected chi connectivity index (χ3v) is 4.82. The summed E-state index contributed by atoms with van der Waals surface area (Å²) in [6, 6.07) is 9.08. The lowest BCUT2D eigenvalue weighted by molar-refractivity contribution is -0.384. The largest absolute Gasteiger partial charge is 0.490 e. The molecule has 1 heterocycles. The summed E-state index contributed by atoms with van der Waals surface area (Å²) in [4.78, 5) is 35.2. The van der Waals surface area contributed by atoms with Gasteiger partial charge in [-0.25, -0.2) is 4.79 Å². The molecule has 1 N–H and O–H groups in total. The number of halogens is 1. The summed E-state index contributed by atoms with van der Waals surface area (Å²) in [6.45, 7) is 2.29. The number of urea groups is 1. The van der Waals surface area contributed by atoms with Crippen molar-refractivity contribution in [1.82, 2.24) is 10.2 Å². The van der Waals surface area contributed by atoms with E-state index in [1.807, 2.05) is 6.92 Å². The Labute approximate surface area is 180 Å². The predicted molar refractivity (Wildman–Crippen MR) is 112 cm³/mol. The molecule has 0 radical (unpaired) electrons. The number of carbonyl (C=O) groups is 2. The van der Waals surface area contributed by atoms with E-state index in [0.29, 0.717) is 33.7 Å². The monoisotopic (exact) mass is 475 g/mol. The highest BCUT2D eigenvalue weighted by molar-refractivity contribution is 9.10. The molecule has 2 aromatic rings. The minimum Gasteiger partial charge on any atom is -0.490 e. The van der Waals surface area contributed by atoms with E-state index in [1.54, 1.807) is 30.3 Å². The number of benzene rings is 2. The summed E-state index contributed by atoms with van der Waals surface area (Å²) in [5.74, 6) is 0.416. The van der Waals surface area contributed by atoms with Crippen LogP contribution in [0.3, 0.4) is 0 Å². The van der Waals surface area contributed by atoms with Crippen LogP contribution in [0.5, 0.6) is 11.5 Å². The number of hydrogen-bond acceptors (Lipinski definition) is 6. The molecule has 0 aliphatic carbocycles. The zero-order chi connectivity index (χ0) is 21.8. The third kappa shape index (κ3) is 4.60. The van der Waals surface area contributed by atoms with Crippen LogP contribution >= 0.6 is 15.9 Å². The molecule has 10 heteroatoms. The van der Waals surface area contributed by atoms with Crippen LogP contribution in [0.25, 0.3) is 6.08 Å². The standard InChI is InChI=1S/C20H18BrN3O6/c1-3-29-17-10-13(9-16-19(25)23(2)20(26)22-16)8-15(21)18(17)30-11-12-5-4-6-14(7-12)24(27)28/h4-10H,3,11H2,1-2H3,(H,22,26)/b16-9+. The van der Waals surface area contributed by atoms with Crippen LogP contribution in [0, 0.1) is 10.1 Å². The second-order valence-corrected chi connectivity index (χ2v) is 7.19. The van der Waals surface area contributed by atoms with Gasteiger partial charge in [-0.1, -0.05) is 12.1 Å². The van der Waals surface area contributed by atoms with Crippen molar-refractivity contribution in [3.05, 3.63) is 67.8 Å². The molecule has 156 valence electrons. The van der Waals surface area contributed by atoms with E-state index in [2.05, 4.69) is 21.2 Å². The Morgan fingerprint density at radius 1 is 1.23 bits per heavy atom. The lowest BCUT2D eigenvalue weighted by Gasteiger charge is -2.15. The summed E-state index contributed by atoms with van der Waals surface area (Å²) >= 11 is 3.44. The van der Waals surface area contributed by atoms with Gasteiger partial charge >= 0.3 is 6.03 Å². The van der Waals surface area contributed by atoms with Crippen molar-refractivity contribution in [3.8, 4) is 11.5 Å². The predicted octanol–water partition coefficient (Wildman–Crippen LogP) is 3.86. The fourth-order valence-corrected chi connectivity index (χ4v) is 3.35. The van der Waals surface area contributed by atoms with Gasteiger partial charge in [0.05, 0.1) is 16.0 Å². The number of non-ortho nitro benzene ring substituents is 1. The molecule has 1 aliphatic heterocycles. The zero-order valence-electron chi connectivity index (χ0n) is 16.2. The lowest BCUT2D eigenvalue weighted by Crippen LogP contribution is -2.25. The number of amides is 3. The van der Waals surface area contributed by atoms with Crippen molar-refractivity contribution < 1.29 is 24.0 Å². The molecule has 2 aromatic carbocycles. The minimum atomic E-state index is -0.493. The van der Waals surface area contributed by atoms with E-state index < -0.39 is 16.9 Å². The van der Waals surface area contributed by atoms with Gasteiger partial charge in [0, 0.05) is 19.2 Å². The van der Waals surface area contributed by atoms with E-state index in [1.165, 1.54) is 19.2 Å². The van der Waals surface area contributed by atoms with E-state index >= 15 is 0 Å². The molecule has 0 saturated carbocycles. The van der Waals surface area contributed by atoms with E-state index in [0.717, 1.165) is 4.90 Å². The van der Waals surface area contributed by atoms with Gasteiger partial charge in [-0.05, 0) is 52.2 Å². The molecular weight excluding hydrogens is 458 g/mol. The van der Waals surface area contributed by atoms with E-state index in [9.17, 15) is 19.7 Å². The number of hydrogen-bond donors (Lipinski definition) is 1. The van der Waals surface area contributed by atoms with Crippen LogP contribution < -0.4 is 14.8 Å². The van der Waals surface area contributed by atoms with Crippen molar-refractivity contribution in [1.29, 1.82) is 0 Å². The molecule has 1 aliphatic rings. The number of ether oxygens (including phenoxy) is 2. The van der Waals surface area contributed by atoms with Gasteiger partial charge in [0.15, 0.2) is 11.5 Å². The number of nitro groups is 1. The Kier molecular flexibility index (Phi) is 6.36. The van der Waals surface area contributed by atoms with Crippen LogP contribution in [0.4, 0.5) is 10.5 Å². The molecule has 9 nitrogen and oxygen atoms in total. The molecule has 0 unspecified atom stereocenters. The number of carbonyl (C=O) groups excluding carboxylic acids is 2. The molecule has 30 heavy (non-hydrogen) atoms. The van der Waals surface area contributed by atoms with Crippen LogP contribution in [0.15, 0.2) is 46.6 Å². The maximum absolute atomic E-state index is 12.1. The second-order valence-electron chi connectivity index (χ2n) is 6.33. The first-order valence-corrected chi connectivity index (χ1v) is 9.72. The quantitative estimate of drug-likeness (QED) is 0.281. The number of nitro benzene ring substituents is 1. The van der Waals surface area contributed by atoms with E-state index in [4.69, 9.17) is 9.47 Å². The molecule has 0 spiro atoms. The number of nitrogens with zero attached hydrogens (tertiary/aromatic N) is 2. The highest BCUT2D eigenvalue weighted by atomic mass is 79.9. The van der Waals surface area contributed by atoms with Gasteiger partial charge in [0.25, 0.3) is 11.6 Å². The summed E-state index contributed by atoms with van der Waals surface area (Å²) in [5, 5.41) is 13.4. The van der Waals surface area contributed by atoms with Crippen LogP contribution in [-0.2, 0) is 11.4 Å². The molecule has 1 fully saturated rings. The Bertz CT molecular complexity index is 1050. The highest BCUT2D eigenvalue weighted by Gasteiger charge is 2.30. The highest BCUT2D eigenvalue weighted by Crippen LogP contribution is 2.38. The smallest absolute Gasteiger partial charge is 0.328 e.